The largest absolute Gasteiger partial charge is 0.407 e. The molecule has 0 N–H and O–H groups in total. The number of hydrogen-bond donors (Lipinski definition) is 0. The van der Waals surface area contributed by atoms with Crippen molar-refractivity contribution in [3.63, 3.8) is 0 Å². The van der Waals surface area contributed by atoms with Crippen LogP contribution in [0.5, 0.6) is 0 Å². The Hall–Kier alpha value is -1.68. The lowest BCUT2D eigenvalue weighted by molar-refractivity contribution is 0.134. The molecule has 0 atom stereocenters. The molecule has 38 heavy (non-hydrogen) atoms. The average molecular weight is 537 g/mol. The summed E-state index contributed by atoms with van der Waals surface area (Å²) in [6.45, 7) is 12.0. The second-order valence-electron chi connectivity index (χ2n) is 11.7. The van der Waals surface area contributed by atoms with Gasteiger partial charge in [0.05, 0.1) is 6.61 Å². The summed E-state index contributed by atoms with van der Waals surface area (Å²) in [5.41, 5.74) is 0. The van der Waals surface area contributed by atoms with E-state index >= 15 is 0 Å². The fourth-order valence-corrected chi connectivity index (χ4v) is 9.96. The van der Waals surface area contributed by atoms with Crippen LogP contribution in [0.2, 0.25) is 5.04 Å². The molecule has 212 valence electrons. The first-order valence-corrected chi connectivity index (χ1v) is 17.4. The molecule has 2 nitrogen and oxygen atoms in total. The van der Waals surface area contributed by atoms with Gasteiger partial charge < -0.3 is 9.16 Å². The van der Waals surface area contributed by atoms with E-state index < -0.39 is 8.32 Å². The number of benzene rings is 2. The fraction of sp³-hybridized carbons (Fsp3) is 0.600. The molecule has 0 amide bonds. The maximum atomic E-state index is 7.01. The summed E-state index contributed by atoms with van der Waals surface area (Å²) in [6.07, 6.45) is 21.2. The minimum absolute atomic E-state index is 0.0540. The Morgan fingerprint density at radius 1 is 0.579 bits per heavy atom. The van der Waals surface area contributed by atoms with Gasteiger partial charge in [-0.05, 0) is 47.5 Å². The Morgan fingerprint density at radius 3 is 1.66 bits per heavy atom. The van der Waals surface area contributed by atoms with Crippen molar-refractivity contribution in [1.82, 2.24) is 0 Å². The molecule has 0 heterocycles. The van der Waals surface area contributed by atoms with Crippen molar-refractivity contribution in [1.29, 1.82) is 0 Å². The highest BCUT2D eigenvalue weighted by Gasteiger charge is 2.49. The van der Waals surface area contributed by atoms with E-state index in [2.05, 4.69) is 101 Å². The second-order valence-corrected chi connectivity index (χ2v) is 16.0. The molecule has 0 aliphatic carbocycles. The number of allylic oxidation sites excluding steroid dienone is 1. The minimum atomic E-state index is -2.38. The third-order valence-electron chi connectivity index (χ3n) is 7.49. The van der Waals surface area contributed by atoms with Gasteiger partial charge in [-0.3, -0.25) is 0 Å². The highest BCUT2D eigenvalue weighted by molar-refractivity contribution is 6.99. The van der Waals surface area contributed by atoms with Crippen LogP contribution in [-0.4, -0.2) is 28.1 Å². The van der Waals surface area contributed by atoms with Crippen molar-refractivity contribution in [2.45, 2.75) is 116 Å². The van der Waals surface area contributed by atoms with E-state index in [4.69, 9.17) is 9.16 Å². The second kappa shape index (κ2) is 19.4. The van der Waals surface area contributed by atoms with Crippen molar-refractivity contribution in [3.8, 4) is 0 Å². The van der Waals surface area contributed by atoms with Crippen LogP contribution in [0.1, 0.15) is 111 Å². The Kier molecular flexibility index (Phi) is 16.6. The molecule has 0 aromatic heterocycles. The van der Waals surface area contributed by atoms with Gasteiger partial charge in [-0.2, -0.15) is 0 Å². The van der Waals surface area contributed by atoms with Crippen LogP contribution in [0.4, 0.5) is 0 Å². The summed E-state index contributed by atoms with van der Waals surface area (Å²) < 4.78 is 12.8. The fourth-order valence-electron chi connectivity index (χ4n) is 5.36. The number of unbranched alkanes of at least 4 members (excludes halogenated alkanes) is 10. The summed E-state index contributed by atoms with van der Waals surface area (Å²) in [4.78, 5) is 0. The van der Waals surface area contributed by atoms with E-state index in [-0.39, 0.29) is 5.04 Å². The molecule has 2 rings (SSSR count). The average Bonchev–Trinajstić information content (AvgIpc) is 2.92. The predicted octanol–water partition coefficient (Wildman–Crippen LogP) is 9.23. The predicted molar refractivity (Wildman–Crippen MR) is 169 cm³/mol. The van der Waals surface area contributed by atoms with Crippen molar-refractivity contribution >= 4 is 18.7 Å². The lowest BCUT2D eigenvalue weighted by Gasteiger charge is -2.43. The van der Waals surface area contributed by atoms with Crippen LogP contribution in [-0.2, 0) is 9.16 Å². The van der Waals surface area contributed by atoms with Gasteiger partial charge in [0.25, 0.3) is 8.32 Å². The molecule has 2 aromatic rings. The van der Waals surface area contributed by atoms with Crippen LogP contribution < -0.4 is 10.4 Å². The highest BCUT2D eigenvalue weighted by atomic mass is 28.4. The van der Waals surface area contributed by atoms with Gasteiger partial charge in [-0.15, -0.1) is 0 Å². The van der Waals surface area contributed by atoms with Crippen LogP contribution in [0.3, 0.4) is 0 Å². The maximum Gasteiger partial charge on any atom is 0.261 e. The van der Waals surface area contributed by atoms with E-state index in [1.54, 1.807) is 0 Å². The zero-order valence-corrected chi connectivity index (χ0v) is 26.1. The summed E-state index contributed by atoms with van der Waals surface area (Å²) in [5, 5.41) is 2.80. The van der Waals surface area contributed by atoms with Crippen LogP contribution in [0.25, 0.3) is 0 Å². The molecular formula is C35H56O2Si. The van der Waals surface area contributed by atoms with Crippen LogP contribution >= 0.6 is 0 Å². The zero-order chi connectivity index (χ0) is 27.4. The van der Waals surface area contributed by atoms with E-state index in [0.717, 1.165) is 32.7 Å². The van der Waals surface area contributed by atoms with E-state index in [1.807, 2.05) is 0 Å². The smallest absolute Gasteiger partial charge is 0.261 e. The molecule has 0 spiro atoms. The SMILES string of the molecule is CCCCCCCCCOCC/C=C\CCCCCCO[Si](c1ccccc1)(c1ccccc1)C(C)(C)C. The molecule has 0 saturated carbocycles. The third kappa shape index (κ3) is 11.6. The number of rotatable bonds is 21. The molecule has 0 bridgehead atoms. The van der Waals surface area contributed by atoms with E-state index in [9.17, 15) is 0 Å². The van der Waals surface area contributed by atoms with Gasteiger partial charge in [0.15, 0.2) is 0 Å². The van der Waals surface area contributed by atoms with Gasteiger partial charge in [-0.1, -0.05) is 152 Å². The van der Waals surface area contributed by atoms with Crippen LogP contribution in [0, 0.1) is 0 Å². The van der Waals surface area contributed by atoms with E-state index in [1.165, 1.54) is 81.0 Å². The standard InChI is InChI=1S/C35H56O2Si/c1-5-6-7-8-11-14-23-30-36-31-24-15-12-9-10-13-16-25-32-37-38(35(2,3)4,33-26-19-17-20-27-33)34-28-21-18-22-29-34/h12,15,17-22,26-29H,5-11,13-14,16,23-25,30-32H2,1-4H3/b15-12-. The normalized spacial score (nSPS) is 12.4. The van der Waals surface area contributed by atoms with Gasteiger partial charge >= 0.3 is 0 Å². The van der Waals surface area contributed by atoms with Crippen molar-refractivity contribution < 1.29 is 9.16 Å². The summed E-state index contributed by atoms with van der Waals surface area (Å²) in [5.74, 6) is 0. The Balaban J connectivity index is 1.62. The maximum absolute atomic E-state index is 7.01. The molecule has 0 aliphatic heterocycles. The van der Waals surface area contributed by atoms with Crippen molar-refractivity contribution in [3.05, 3.63) is 72.8 Å². The Morgan fingerprint density at radius 2 is 1.08 bits per heavy atom. The van der Waals surface area contributed by atoms with Gasteiger partial charge in [0.1, 0.15) is 0 Å². The van der Waals surface area contributed by atoms with E-state index in [0.29, 0.717) is 0 Å². The minimum Gasteiger partial charge on any atom is -0.407 e. The lowest BCUT2D eigenvalue weighted by Crippen LogP contribution is -2.66. The van der Waals surface area contributed by atoms with Crippen molar-refractivity contribution in [2.75, 3.05) is 19.8 Å². The van der Waals surface area contributed by atoms with Crippen LogP contribution in [0.15, 0.2) is 72.8 Å². The quantitative estimate of drug-likeness (QED) is 0.0899. The Bertz CT molecular complexity index is 802. The monoisotopic (exact) mass is 536 g/mol. The number of ether oxygens (including phenoxy) is 1. The first-order chi connectivity index (χ1) is 18.5. The Labute approximate surface area is 236 Å². The van der Waals surface area contributed by atoms with Crippen molar-refractivity contribution in [2.24, 2.45) is 0 Å². The molecular weight excluding hydrogens is 480 g/mol. The van der Waals surface area contributed by atoms with Gasteiger partial charge in [0, 0.05) is 13.2 Å². The molecule has 0 radical (unpaired) electrons. The van der Waals surface area contributed by atoms with Gasteiger partial charge in [-0.25, -0.2) is 0 Å². The molecule has 2 aromatic carbocycles. The summed E-state index contributed by atoms with van der Waals surface area (Å²) in [7, 11) is -2.38. The third-order valence-corrected chi connectivity index (χ3v) is 12.5. The molecule has 0 saturated heterocycles. The summed E-state index contributed by atoms with van der Waals surface area (Å²) in [6, 6.07) is 21.9. The molecule has 0 unspecified atom stereocenters. The number of hydrogen-bond acceptors (Lipinski definition) is 2. The summed E-state index contributed by atoms with van der Waals surface area (Å²) >= 11 is 0. The highest BCUT2D eigenvalue weighted by Crippen LogP contribution is 2.36. The lowest BCUT2D eigenvalue weighted by atomic mass is 10.1. The first-order valence-electron chi connectivity index (χ1n) is 15.5. The zero-order valence-electron chi connectivity index (χ0n) is 25.1. The molecule has 0 fully saturated rings. The first kappa shape index (κ1) is 32.5. The van der Waals surface area contributed by atoms with Gasteiger partial charge in [0.2, 0.25) is 0 Å². The molecule has 3 heteroatoms. The molecule has 0 aliphatic rings. The topological polar surface area (TPSA) is 18.5 Å².